The second-order valence-corrected chi connectivity index (χ2v) is 9.37. The molecular weight excluding hydrogens is 404 g/mol. The molecular formula is C22H20N2O7. The number of hydrogen-bond acceptors (Lipinski definition) is 7. The number of esters is 2. The first kappa shape index (κ1) is 18.7. The van der Waals surface area contributed by atoms with Crippen molar-refractivity contribution >= 4 is 35.6 Å². The number of hydrogen-bond donors (Lipinski definition) is 0. The third kappa shape index (κ3) is 2.43. The van der Waals surface area contributed by atoms with E-state index in [4.69, 9.17) is 4.74 Å². The maximum atomic E-state index is 12.6. The highest BCUT2D eigenvalue weighted by molar-refractivity contribution is 6.10. The molecule has 0 aromatic carbocycles. The molecule has 31 heavy (non-hydrogen) atoms. The van der Waals surface area contributed by atoms with Crippen LogP contribution in [0.5, 0.6) is 0 Å². The summed E-state index contributed by atoms with van der Waals surface area (Å²) in [5, 5.41) is 0. The Kier molecular flexibility index (Phi) is 3.74. The van der Waals surface area contributed by atoms with Crippen LogP contribution >= 0.6 is 0 Å². The number of carbonyl (C=O) groups is 6. The lowest BCUT2D eigenvalue weighted by molar-refractivity contribution is -0.166. The Morgan fingerprint density at radius 2 is 0.935 bits per heavy atom. The average molecular weight is 424 g/mol. The summed E-state index contributed by atoms with van der Waals surface area (Å²) in [6.07, 6.45) is 9.35. The van der Waals surface area contributed by atoms with Crippen molar-refractivity contribution in [2.24, 2.45) is 47.3 Å². The number of nitrogens with zero attached hydrogens (tertiary/aromatic N) is 2. The van der Waals surface area contributed by atoms with E-state index in [1.807, 2.05) is 24.3 Å². The van der Waals surface area contributed by atoms with Crippen LogP contribution in [0.4, 0.5) is 0 Å². The quantitative estimate of drug-likeness (QED) is 0.262. The Morgan fingerprint density at radius 3 is 1.23 bits per heavy atom. The molecule has 0 spiro atoms. The van der Waals surface area contributed by atoms with Crippen molar-refractivity contribution in [3.63, 3.8) is 0 Å². The van der Waals surface area contributed by atoms with Gasteiger partial charge in [0.25, 0.3) is 0 Å². The summed E-state index contributed by atoms with van der Waals surface area (Å²) in [5.41, 5.74) is 0. The number of fused-ring (bicyclic) bond motifs is 10. The standard InChI is InChI=1S/C22H20N2O7/c25-13(7-23-19(27)15-9-1-2-10(5-9)16(15)20(23)28)31-14(26)8-24-21(29)17-11-3-4-12(6-11)18(17)22(24)30/h1-4,9-12,15-18H,5-8H2/t9-,10+,11-,12+,15+,16-,17+,18-. The van der Waals surface area contributed by atoms with Crippen LogP contribution in [0.3, 0.4) is 0 Å². The van der Waals surface area contributed by atoms with E-state index >= 15 is 0 Å². The van der Waals surface area contributed by atoms with Crippen LogP contribution < -0.4 is 0 Å². The summed E-state index contributed by atoms with van der Waals surface area (Å²) in [6, 6.07) is 0. The zero-order valence-electron chi connectivity index (χ0n) is 16.5. The van der Waals surface area contributed by atoms with Gasteiger partial charge in [0.15, 0.2) is 0 Å². The minimum absolute atomic E-state index is 0.0190. The number of amides is 4. The number of allylic oxidation sites excluding steroid dienone is 4. The topological polar surface area (TPSA) is 118 Å². The van der Waals surface area contributed by atoms with Crippen LogP contribution in [0.2, 0.25) is 0 Å². The number of rotatable bonds is 4. The Labute approximate surface area is 177 Å². The van der Waals surface area contributed by atoms with E-state index in [1.165, 1.54) is 0 Å². The molecule has 8 atom stereocenters. The molecule has 4 fully saturated rings. The van der Waals surface area contributed by atoms with Crippen LogP contribution in [0, 0.1) is 47.3 Å². The molecule has 6 aliphatic rings. The minimum Gasteiger partial charge on any atom is -0.390 e. The van der Waals surface area contributed by atoms with Gasteiger partial charge in [0.2, 0.25) is 23.6 Å². The highest BCUT2D eigenvalue weighted by Gasteiger charge is 2.60. The summed E-state index contributed by atoms with van der Waals surface area (Å²) >= 11 is 0. The summed E-state index contributed by atoms with van der Waals surface area (Å²) in [6.45, 7) is -1.28. The molecule has 4 aliphatic carbocycles. The second-order valence-electron chi connectivity index (χ2n) is 9.37. The van der Waals surface area contributed by atoms with E-state index in [1.54, 1.807) is 0 Å². The summed E-state index contributed by atoms with van der Waals surface area (Å²) in [4.78, 5) is 76.7. The number of likely N-dealkylation sites (tertiary alicyclic amines) is 2. The summed E-state index contributed by atoms with van der Waals surface area (Å²) in [5.74, 6) is -5.39. The van der Waals surface area contributed by atoms with Gasteiger partial charge in [-0.3, -0.25) is 29.0 Å². The lowest BCUT2D eigenvalue weighted by atomic mass is 9.85. The van der Waals surface area contributed by atoms with Gasteiger partial charge < -0.3 is 4.74 Å². The van der Waals surface area contributed by atoms with Gasteiger partial charge in [0.1, 0.15) is 13.1 Å². The Balaban J connectivity index is 1.07. The van der Waals surface area contributed by atoms with Crippen molar-refractivity contribution in [2.75, 3.05) is 13.1 Å². The van der Waals surface area contributed by atoms with Crippen molar-refractivity contribution in [2.45, 2.75) is 12.8 Å². The number of imide groups is 2. The van der Waals surface area contributed by atoms with Crippen molar-refractivity contribution < 1.29 is 33.5 Å². The normalized spacial score (nSPS) is 41.0. The highest BCUT2D eigenvalue weighted by Crippen LogP contribution is 2.53. The molecule has 4 amide bonds. The van der Waals surface area contributed by atoms with Gasteiger partial charge in [-0.05, 0) is 36.5 Å². The summed E-state index contributed by atoms with van der Waals surface area (Å²) < 4.78 is 4.75. The van der Waals surface area contributed by atoms with Crippen molar-refractivity contribution in [1.82, 2.24) is 9.80 Å². The molecule has 2 saturated heterocycles. The third-order valence-electron chi connectivity index (χ3n) is 7.93. The predicted octanol–water partition coefficient (Wildman–Crippen LogP) is -0.330. The van der Waals surface area contributed by atoms with Crippen LogP contribution in [0.15, 0.2) is 24.3 Å². The lowest BCUT2D eigenvalue weighted by Crippen LogP contribution is -2.41. The van der Waals surface area contributed by atoms with Gasteiger partial charge in [-0.2, -0.15) is 0 Å². The van der Waals surface area contributed by atoms with Gasteiger partial charge in [-0.1, -0.05) is 24.3 Å². The SMILES string of the molecule is O=C(CN1C(=O)[C@@H]2[C@H](C1=O)[C@H]1C=C[C@@H]2C1)OC(=O)CN1C(=O)[C@@H]2[C@H](C1=O)[C@H]1C=C[C@@H]2C1. The van der Waals surface area contributed by atoms with Crippen molar-refractivity contribution in [3.05, 3.63) is 24.3 Å². The second kappa shape index (κ2) is 6.21. The first-order valence-corrected chi connectivity index (χ1v) is 10.7. The molecule has 0 unspecified atom stereocenters. The van der Waals surface area contributed by atoms with E-state index in [9.17, 15) is 28.8 Å². The van der Waals surface area contributed by atoms with Crippen LogP contribution in [-0.4, -0.2) is 58.5 Å². The molecule has 2 heterocycles. The van der Waals surface area contributed by atoms with Crippen LogP contribution in [-0.2, 0) is 33.5 Å². The lowest BCUT2D eigenvalue weighted by Gasteiger charge is -2.17. The molecule has 0 aromatic rings. The van der Waals surface area contributed by atoms with E-state index in [2.05, 4.69) is 0 Å². The van der Waals surface area contributed by atoms with Gasteiger partial charge in [0, 0.05) is 0 Å². The van der Waals surface area contributed by atoms with Gasteiger partial charge >= 0.3 is 11.9 Å². The Bertz CT molecular complexity index is 889. The molecule has 9 heteroatoms. The Morgan fingerprint density at radius 1 is 0.645 bits per heavy atom. The zero-order chi connectivity index (χ0) is 21.6. The molecule has 9 nitrogen and oxygen atoms in total. The first-order chi connectivity index (χ1) is 14.8. The largest absolute Gasteiger partial charge is 0.390 e. The Hall–Kier alpha value is -3.10. The fourth-order valence-electron chi connectivity index (χ4n) is 6.69. The van der Waals surface area contributed by atoms with Crippen LogP contribution in [0.1, 0.15) is 12.8 Å². The van der Waals surface area contributed by atoms with E-state index in [0.717, 1.165) is 22.6 Å². The average Bonchev–Trinajstić information content (AvgIpc) is 3.55. The van der Waals surface area contributed by atoms with Gasteiger partial charge in [-0.25, -0.2) is 9.59 Å². The fraction of sp³-hybridized carbons (Fsp3) is 0.545. The molecule has 160 valence electrons. The van der Waals surface area contributed by atoms with E-state index in [-0.39, 0.29) is 23.7 Å². The van der Waals surface area contributed by atoms with Crippen LogP contribution in [0.25, 0.3) is 0 Å². The fourth-order valence-corrected chi connectivity index (χ4v) is 6.69. The predicted molar refractivity (Wildman–Crippen MR) is 100.0 cm³/mol. The summed E-state index contributed by atoms with van der Waals surface area (Å²) in [7, 11) is 0. The first-order valence-electron chi connectivity index (χ1n) is 10.7. The van der Waals surface area contributed by atoms with Gasteiger partial charge in [-0.15, -0.1) is 0 Å². The molecule has 4 bridgehead atoms. The van der Waals surface area contributed by atoms with Gasteiger partial charge in [0.05, 0.1) is 23.7 Å². The molecule has 0 aromatic heterocycles. The molecule has 6 rings (SSSR count). The monoisotopic (exact) mass is 424 g/mol. The maximum Gasteiger partial charge on any atom is 0.333 e. The van der Waals surface area contributed by atoms with Crippen molar-refractivity contribution in [1.29, 1.82) is 0 Å². The third-order valence-corrected chi connectivity index (χ3v) is 7.93. The van der Waals surface area contributed by atoms with Crippen molar-refractivity contribution in [3.8, 4) is 0 Å². The van der Waals surface area contributed by atoms with E-state index in [0.29, 0.717) is 0 Å². The molecule has 0 radical (unpaired) electrons. The smallest absolute Gasteiger partial charge is 0.333 e. The molecule has 2 aliphatic heterocycles. The number of carbonyl (C=O) groups excluding carboxylic acids is 6. The molecule has 0 N–H and O–H groups in total. The highest BCUT2D eigenvalue weighted by atomic mass is 16.6. The van der Waals surface area contributed by atoms with E-state index < -0.39 is 72.3 Å². The molecule has 2 saturated carbocycles. The minimum atomic E-state index is -1.05. The zero-order valence-corrected chi connectivity index (χ0v) is 16.5. The number of ether oxygens (including phenoxy) is 1. The maximum absolute atomic E-state index is 12.6.